The van der Waals surface area contributed by atoms with Crippen molar-refractivity contribution in [1.29, 1.82) is 0 Å². The zero-order chi connectivity index (χ0) is 16.5. The van der Waals surface area contributed by atoms with E-state index in [0.717, 1.165) is 25.6 Å². The smallest absolute Gasteiger partial charge is 0.191 e. The molecule has 0 aromatic carbocycles. The van der Waals surface area contributed by atoms with Crippen molar-refractivity contribution in [1.82, 2.24) is 20.4 Å². The van der Waals surface area contributed by atoms with Gasteiger partial charge in [-0.2, -0.15) is 11.3 Å². The van der Waals surface area contributed by atoms with Gasteiger partial charge in [-0.05, 0) is 54.9 Å². The van der Waals surface area contributed by atoms with Crippen molar-refractivity contribution in [2.75, 3.05) is 59.9 Å². The number of rotatable bonds is 6. The first-order valence-electron chi connectivity index (χ1n) is 8.56. The van der Waals surface area contributed by atoms with Crippen LogP contribution in [0, 0.1) is 0 Å². The molecule has 1 fully saturated rings. The number of nitrogens with zero attached hydrogens (tertiary/aromatic N) is 3. The molecule has 6 heteroatoms. The molecule has 1 aliphatic heterocycles. The van der Waals surface area contributed by atoms with Crippen LogP contribution in [0.3, 0.4) is 0 Å². The summed E-state index contributed by atoms with van der Waals surface area (Å²) in [4.78, 5) is 9.28. The summed E-state index contributed by atoms with van der Waals surface area (Å²) in [6, 6.07) is 2.20. The molecule has 1 aromatic heterocycles. The number of aliphatic imine (C=N–C) groups is 1. The van der Waals surface area contributed by atoms with E-state index in [1.54, 1.807) is 11.3 Å². The van der Waals surface area contributed by atoms with Gasteiger partial charge in [-0.1, -0.05) is 6.92 Å². The van der Waals surface area contributed by atoms with Crippen molar-refractivity contribution in [2.24, 2.45) is 4.99 Å². The van der Waals surface area contributed by atoms with E-state index >= 15 is 0 Å². The molecule has 2 N–H and O–H groups in total. The van der Waals surface area contributed by atoms with Gasteiger partial charge < -0.3 is 20.4 Å². The Morgan fingerprint density at radius 1 is 1.30 bits per heavy atom. The second-order valence-corrected chi connectivity index (χ2v) is 7.12. The first-order valence-corrected chi connectivity index (χ1v) is 9.51. The third-order valence-electron chi connectivity index (χ3n) is 4.44. The van der Waals surface area contributed by atoms with E-state index in [1.807, 2.05) is 7.05 Å². The summed E-state index contributed by atoms with van der Waals surface area (Å²) in [5, 5.41) is 11.2. The van der Waals surface area contributed by atoms with Gasteiger partial charge in [-0.15, -0.1) is 0 Å². The van der Waals surface area contributed by atoms with Gasteiger partial charge in [0, 0.05) is 39.8 Å². The molecule has 23 heavy (non-hydrogen) atoms. The van der Waals surface area contributed by atoms with Crippen molar-refractivity contribution >= 4 is 17.3 Å². The Morgan fingerprint density at radius 3 is 2.91 bits per heavy atom. The first-order chi connectivity index (χ1) is 11.2. The summed E-state index contributed by atoms with van der Waals surface area (Å²) in [6.45, 7) is 9.93. The SMILES string of the molecule is CN=C(NCCN1CCCN(C)CC1)NCC(C)c1ccsc1. The highest BCUT2D eigenvalue weighted by Gasteiger charge is 2.12. The van der Waals surface area contributed by atoms with Crippen LogP contribution in [0.5, 0.6) is 0 Å². The Balaban J connectivity index is 1.65. The zero-order valence-electron chi connectivity index (χ0n) is 14.7. The molecule has 0 spiro atoms. The highest BCUT2D eigenvalue weighted by molar-refractivity contribution is 7.07. The van der Waals surface area contributed by atoms with Crippen molar-refractivity contribution in [3.05, 3.63) is 22.4 Å². The number of hydrogen-bond donors (Lipinski definition) is 2. The van der Waals surface area contributed by atoms with Gasteiger partial charge in [-0.25, -0.2) is 0 Å². The summed E-state index contributed by atoms with van der Waals surface area (Å²) in [5.41, 5.74) is 1.40. The molecule has 1 atom stereocenters. The standard InChI is InChI=1S/C17H31N5S/c1-15(16-5-12-23-14-16)13-20-17(18-2)19-6-9-22-8-4-7-21(3)10-11-22/h5,12,14-15H,4,6-11,13H2,1-3H3,(H2,18,19,20). The maximum atomic E-state index is 4.32. The fraction of sp³-hybridized carbons (Fsp3) is 0.706. The summed E-state index contributed by atoms with van der Waals surface area (Å²) in [6.07, 6.45) is 1.27. The minimum atomic E-state index is 0.501. The lowest BCUT2D eigenvalue weighted by Crippen LogP contribution is -2.43. The van der Waals surface area contributed by atoms with Gasteiger partial charge in [0.1, 0.15) is 0 Å². The molecule has 1 unspecified atom stereocenters. The summed E-state index contributed by atoms with van der Waals surface area (Å²) in [7, 11) is 4.05. The average Bonchev–Trinajstić information content (AvgIpc) is 3.01. The number of hydrogen-bond acceptors (Lipinski definition) is 4. The Bertz CT molecular complexity index is 460. The van der Waals surface area contributed by atoms with Crippen molar-refractivity contribution in [2.45, 2.75) is 19.3 Å². The normalized spacial score (nSPS) is 19.3. The maximum Gasteiger partial charge on any atom is 0.191 e. The Kier molecular flexibility index (Phi) is 7.85. The summed E-state index contributed by atoms with van der Waals surface area (Å²) in [5.74, 6) is 1.40. The van der Waals surface area contributed by atoms with Gasteiger partial charge >= 0.3 is 0 Å². The van der Waals surface area contributed by atoms with Crippen LogP contribution in [-0.2, 0) is 0 Å². The molecule has 1 aliphatic rings. The van der Waals surface area contributed by atoms with Gasteiger partial charge in [0.2, 0.25) is 0 Å². The highest BCUT2D eigenvalue weighted by Crippen LogP contribution is 2.16. The fourth-order valence-electron chi connectivity index (χ4n) is 2.80. The second-order valence-electron chi connectivity index (χ2n) is 6.34. The monoisotopic (exact) mass is 337 g/mol. The number of nitrogens with one attached hydrogen (secondary N) is 2. The van der Waals surface area contributed by atoms with Crippen molar-refractivity contribution in [3.63, 3.8) is 0 Å². The van der Waals surface area contributed by atoms with Crippen LogP contribution in [0.15, 0.2) is 21.8 Å². The van der Waals surface area contributed by atoms with Crippen molar-refractivity contribution in [3.8, 4) is 0 Å². The Morgan fingerprint density at radius 2 is 2.17 bits per heavy atom. The third kappa shape index (κ3) is 6.49. The number of thiophene rings is 1. The molecule has 0 bridgehead atoms. The van der Waals surface area contributed by atoms with Crippen molar-refractivity contribution < 1.29 is 0 Å². The molecule has 0 aliphatic carbocycles. The number of guanidine groups is 1. The summed E-state index contributed by atoms with van der Waals surface area (Å²) >= 11 is 1.76. The first kappa shape index (κ1) is 18.2. The van der Waals surface area contributed by atoms with Crippen LogP contribution in [0.2, 0.25) is 0 Å². The van der Waals surface area contributed by atoms with Crippen LogP contribution in [0.4, 0.5) is 0 Å². The molecule has 2 rings (SSSR count). The molecule has 2 heterocycles. The Hall–Kier alpha value is -1.11. The molecule has 0 amide bonds. The van der Waals surface area contributed by atoms with Crippen LogP contribution in [0.1, 0.15) is 24.8 Å². The van der Waals surface area contributed by atoms with Gasteiger partial charge in [0.25, 0.3) is 0 Å². The lowest BCUT2D eigenvalue weighted by molar-refractivity contribution is 0.280. The van der Waals surface area contributed by atoms with E-state index in [0.29, 0.717) is 5.92 Å². The van der Waals surface area contributed by atoms with Crippen LogP contribution in [-0.4, -0.2) is 75.7 Å². The second kappa shape index (κ2) is 9.90. The highest BCUT2D eigenvalue weighted by atomic mass is 32.1. The third-order valence-corrected chi connectivity index (χ3v) is 5.15. The van der Waals surface area contributed by atoms with Gasteiger partial charge in [-0.3, -0.25) is 4.99 Å². The molecular weight excluding hydrogens is 306 g/mol. The lowest BCUT2D eigenvalue weighted by atomic mass is 10.1. The topological polar surface area (TPSA) is 42.9 Å². The molecule has 1 aromatic rings. The average molecular weight is 338 g/mol. The molecule has 5 nitrogen and oxygen atoms in total. The van der Waals surface area contributed by atoms with Crippen LogP contribution < -0.4 is 10.6 Å². The van der Waals surface area contributed by atoms with Gasteiger partial charge in [0.15, 0.2) is 5.96 Å². The largest absolute Gasteiger partial charge is 0.356 e. The molecule has 130 valence electrons. The van der Waals surface area contributed by atoms with E-state index in [2.05, 4.69) is 56.2 Å². The minimum Gasteiger partial charge on any atom is -0.356 e. The van der Waals surface area contributed by atoms with Crippen LogP contribution in [0.25, 0.3) is 0 Å². The predicted molar refractivity (Wildman–Crippen MR) is 101 cm³/mol. The Labute approximate surface area is 144 Å². The predicted octanol–water partition coefficient (Wildman–Crippen LogP) is 1.65. The number of likely N-dealkylation sites (N-methyl/N-ethyl adjacent to an activating group) is 1. The fourth-order valence-corrected chi connectivity index (χ4v) is 3.58. The lowest BCUT2D eigenvalue weighted by Gasteiger charge is -2.21. The van der Waals surface area contributed by atoms with E-state index < -0.39 is 0 Å². The van der Waals surface area contributed by atoms with Crippen LogP contribution >= 0.6 is 11.3 Å². The van der Waals surface area contributed by atoms with E-state index in [-0.39, 0.29) is 0 Å². The zero-order valence-corrected chi connectivity index (χ0v) is 15.5. The molecular formula is C17H31N5S. The van der Waals surface area contributed by atoms with Gasteiger partial charge in [0.05, 0.1) is 0 Å². The molecule has 1 saturated heterocycles. The van der Waals surface area contributed by atoms with E-state index in [1.165, 1.54) is 38.2 Å². The summed E-state index contributed by atoms with van der Waals surface area (Å²) < 4.78 is 0. The maximum absolute atomic E-state index is 4.32. The quantitative estimate of drug-likeness (QED) is 0.612. The molecule has 0 saturated carbocycles. The minimum absolute atomic E-state index is 0.501. The van der Waals surface area contributed by atoms with E-state index in [4.69, 9.17) is 0 Å². The molecule has 0 radical (unpaired) electrons. The van der Waals surface area contributed by atoms with E-state index in [9.17, 15) is 0 Å².